The van der Waals surface area contributed by atoms with Gasteiger partial charge in [-0.25, -0.2) is 8.42 Å². The number of aromatic nitrogens is 1. The van der Waals surface area contributed by atoms with Crippen LogP contribution in [0, 0.1) is 5.92 Å². The number of nitrogens with zero attached hydrogens (tertiary/aromatic N) is 1. The van der Waals surface area contributed by atoms with Crippen LogP contribution < -0.4 is 5.32 Å². The highest BCUT2D eigenvalue weighted by Crippen LogP contribution is 2.25. The zero-order valence-electron chi connectivity index (χ0n) is 11.5. The highest BCUT2D eigenvalue weighted by atomic mass is 35.5. The average Bonchev–Trinajstić information content (AvgIpc) is 2.81. The van der Waals surface area contributed by atoms with Gasteiger partial charge in [0.15, 0.2) is 9.84 Å². The molecule has 1 saturated heterocycles. The molecule has 4 nitrogen and oxygen atoms in total. The number of sulfone groups is 1. The van der Waals surface area contributed by atoms with E-state index in [9.17, 15) is 8.42 Å². The molecule has 1 atom stereocenters. The van der Waals surface area contributed by atoms with Crippen molar-refractivity contribution < 1.29 is 8.42 Å². The molecule has 1 N–H and O–H groups in total. The van der Waals surface area contributed by atoms with Gasteiger partial charge < -0.3 is 5.32 Å². The van der Waals surface area contributed by atoms with Crippen LogP contribution in [0.4, 0.5) is 0 Å². The number of nitrogens with one attached hydrogen (secondary N) is 1. The molecule has 6 heteroatoms. The first-order valence-corrected chi connectivity index (χ1v) is 9.18. The monoisotopic (exact) mass is 324 g/mol. The van der Waals surface area contributed by atoms with E-state index in [0.717, 1.165) is 29.4 Å². The van der Waals surface area contributed by atoms with Crippen molar-refractivity contribution in [1.29, 1.82) is 0 Å². The van der Waals surface area contributed by atoms with E-state index in [1.807, 2.05) is 24.3 Å². The lowest BCUT2D eigenvalue weighted by molar-refractivity contribution is 0.521. The van der Waals surface area contributed by atoms with Crippen molar-refractivity contribution in [3.8, 4) is 0 Å². The molecule has 0 aliphatic carbocycles. The molecule has 1 aromatic heterocycles. The molecule has 1 aromatic carbocycles. The first-order valence-electron chi connectivity index (χ1n) is 6.98. The Morgan fingerprint density at radius 1 is 1.33 bits per heavy atom. The van der Waals surface area contributed by atoms with Gasteiger partial charge >= 0.3 is 0 Å². The second-order valence-electron chi connectivity index (χ2n) is 5.51. The second-order valence-corrected chi connectivity index (χ2v) is 8.14. The third kappa shape index (κ3) is 3.36. The highest BCUT2D eigenvalue weighted by Gasteiger charge is 2.27. The van der Waals surface area contributed by atoms with E-state index in [2.05, 4.69) is 10.3 Å². The fourth-order valence-corrected chi connectivity index (χ4v) is 4.86. The predicted molar refractivity (Wildman–Crippen MR) is 85.2 cm³/mol. The molecule has 3 rings (SSSR count). The first-order chi connectivity index (χ1) is 10.1. The lowest BCUT2D eigenvalue weighted by Gasteiger charge is -2.11. The molecule has 2 aromatic rings. The maximum atomic E-state index is 11.4. The molecule has 1 aliphatic heterocycles. The third-order valence-corrected chi connectivity index (χ3v) is 6.04. The number of halogens is 1. The van der Waals surface area contributed by atoms with Crippen LogP contribution in [0.5, 0.6) is 0 Å². The van der Waals surface area contributed by atoms with Crippen molar-refractivity contribution in [3.63, 3.8) is 0 Å². The van der Waals surface area contributed by atoms with Crippen molar-refractivity contribution >= 4 is 32.3 Å². The fourth-order valence-electron chi connectivity index (χ4n) is 2.78. The second kappa shape index (κ2) is 5.91. The van der Waals surface area contributed by atoms with Crippen LogP contribution in [0.1, 0.15) is 12.0 Å². The molecule has 112 valence electrons. The minimum absolute atomic E-state index is 0.224. The Morgan fingerprint density at radius 2 is 2.19 bits per heavy atom. The van der Waals surface area contributed by atoms with E-state index in [-0.39, 0.29) is 5.92 Å². The fraction of sp³-hybridized carbons (Fsp3) is 0.400. The summed E-state index contributed by atoms with van der Waals surface area (Å²) >= 11 is 6.17. The van der Waals surface area contributed by atoms with Gasteiger partial charge in [-0.05, 0) is 42.6 Å². The Kier molecular flexibility index (Phi) is 4.15. The number of benzene rings is 1. The van der Waals surface area contributed by atoms with Crippen LogP contribution in [-0.2, 0) is 16.4 Å². The molecule has 1 fully saturated rings. The van der Waals surface area contributed by atoms with E-state index < -0.39 is 9.84 Å². The Hall–Kier alpha value is -1.17. The van der Waals surface area contributed by atoms with Gasteiger partial charge in [-0.1, -0.05) is 17.7 Å². The van der Waals surface area contributed by atoms with Gasteiger partial charge in [0.25, 0.3) is 0 Å². The first kappa shape index (κ1) is 14.8. The maximum Gasteiger partial charge on any atom is 0.150 e. The number of pyridine rings is 1. The molecule has 0 radical (unpaired) electrons. The van der Waals surface area contributed by atoms with Gasteiger partial charge in [-0.3, -0.25) is 4.98 Å². The largest absolute Gasteiger partial charge is 0.312 e. The Morgan fingerprint density at radius 3 is 2.95 bits per heavy atom. The molecular formula is C15H17ClN2O2S. The zero-order chi connectivity index (χ0) is 14.9. The molecule has 21 heavy (non-hydrogen) atoms. The maximum absolute atomic E-state index is 11.4. The summed E-state index contributed by atoms with van der Waals surface area (Å²) in [7, 11) is -2.80. The minimum atomic E-state index is -2.80. The Bertz CT molecular complexity index is 761. The number of rotatable bonds is 4. The predicted octanol–water partition coefficient (Wildman–Crippen LogP) is 2.41. The summed E-state index contributed by atoms with van der Waals surface area (Å²) in [5.74, 6) is 0.853. The van der Waals surface area contributed by atoms with E-state index >= 15 is 0 Å². The summed E-state index contributed by atoms with van der Waals surface area (Å²) in [4.78, 5) is 4.40. The Labute approximate surface area is 129 Å². The third-order valence-electron chi connectivity index (χ3n) is 3.88. The van der Waals surface area contributed by atoms with Crippen LogP contribution in [0.15, 0.2) is 30.5 Å². The van der Waals surface area contributed by atoms with Crippen molar-refractivity contribution in [2.75, 3.05) is 18.1 Å². The molecule has 0 amide bonds. The SMILES string of the molecule is O=S1(=O)CC[C@@H](CNCc2ccc(Cl)c3cccnc23)C1. The van der Waals surface area contributed by atoms with Crippen molar-refractivity contribution in [2.45, 2.75) is 13.0 Å². The standard InChI is InChI=1S/C15H17ClN2O2S/c16-14-4-3-12(15-13(14)2-1-6-18-15)9-17-8-11-5-7-21(19,20)10-11/h1-4,6,11,17H,5,7-10H2/t11-/m0/s1. The van der Waals surface area contributed by atoms with Gasteiger partial charge in [0.05, 0.1) is 17.0 Å². The zero-order valence-corrected chi connectivity index (χ0v) is 13.1. The van der Waals surface area contributed by atoms with Crippen LogP contribution in [0.2, 0.25) is 5.02 Å². The van der Waals surface area contributed by atoms with Gasteiger partial charge in [-0.15, -0.1) is 0 Å². The van der Waals surface area contributed by atoms with Crippen molar-refractivity contribution in [1.82, 2.24) is 10.3 Å². The van der Waals surface area contributed by atoms with E-state index in [1.165, 1.54) is 0 Å². The summed E-state index contributed by atoms with van der Waals surface area (Å²) in [6.45, 7) is 1.39. The Balaban J connectivity index is 1.68. The highest BCUT2D eigenvalue weighted by molar-refractivity contribution is 7.91. The molecule has 0 bridgehead atoms. The average molecular weight is 325 g/mol. The van der Waals surface area contributed by atoms with Crippen molar-refractivity contribution in [2.24, 2.45) is 5.92 Å². The molecular weight excluding hydrogens is 308 g/mol. The molecule has 0 unspecified atom stereocenters. The number of hydrogen-bond acceptors (Lipinski definition) is 4. The van der Waals surface area contributed by atoms with Gasteiger partial charge in [0, 0.05) is 23.2 Å². The number of hydrogen-bond donors (Lipinski definition) is 1. The van der Waals surface area contributed by atoms with E-state index in [4.69, 9.17) is 11.6 Å². The van der Waals surface area contributed by atoms with Crippen LogP contribution in [0.25, 0.3) is 10.9 Å². The molecule has 2 heterocycles. The minimum Gasteiger partial charge on any atom is -0.312 e. The number of fused-ring (bicyclic) bond motifs is 1. The van der Waals surface area contributed by atoms with Gasteiger partial charge in [-0.2, -0.15) is 0 Å². The lowest BCUT2D eigenvalue weighted by Crippen LogP contribution is -2.23. The van der Waals surface area contributed by atoms with Crippen molar-refractivity contribution in [3.05, 3.63) is 41.0 Å². The molecule has 0 saturated carbocycles. The summed E-state index contributed by atoms with van der Waals surface area (Å²) in [6.07, 6.45) is 2.51. The smallest absolute Gasteiger partial charge is 0.150 e. The van der Waals surface area contributed by atoms with Crippen LogP contribution in [0.3, 0.4) is 0 Å². The summed E-state index contributed by atoms with van der Waals surface area (Å²) < 4.78 is 22.9. The quantitative estimate of drug-likeness (QED) is 0.938. The van der Waals surface area contributed by atoms with E-state index in [1.54, 1.807) is 6.20 Å². The van der Waals surface area contributed by atoms with Crippen LogP contribution in [-0.4, -0.2) is 31.5 Å². The molecule has 1 aliphatic rings. The van der Waals surface area contributed by atoms with Crippen LogP contribution >= 0.6 is 11.6 Å². The van der Waals surface area contributed by atoms with Gasteiger partial charge in [0.1, 0.15) is 0 Å². The molecule has 0 spiro atoms. The topological polar surface area (TPSA) is 59.1 Å². The van der Waals surface area contributed by atoms with E-state index in [0.29, 0.717) is 23.1 Å². The van der Waals surface area contributed by atoms with Gasteiger partial charge in [0.2, 0.25) is 0 Å². The normalized spacial score (nSPS) is 20.9. The summed E-state index contributed by atoms with van der Waals surface area (Å²) in [5.41, 5.74) is 1.98. The summed E-state index contributed by atoms with van der Waals surface area (Å²) in [5, 5.41) is 4.99. The lowest BCUT2D eigenvalue weighted by atomic mass is 10.1. The summed E-state index contributed by atoms with van der Waals surface area (Å²) in [6, 6.07) is 7.67.